The topological polar surface area (TPSA) is 30.9 Å². The second-order valence-corrected chi connectivity index (χ2v) is 6.66. The molecular weight excluding hydrogens is 326 g/mol. The molecule has 0 spiro atoms. The quantitative estimate of drug-likeness (QED) is 0.501. The van der Waals surface area contributed by atoms with Crippen molar-refractivity contribution in [2.45, 2.75) is 32.5 Å². The summed E-state index contributed by atoms with van der Waals surface area (Å²) in [7, 11) is 0. The molecule has 0 saturated carbocycles. The number of allylic oxidation sites excluding steroid dienone is 1. The molecular formula is C19H28ClNO3. The first-order valence-corrected chi connectivity index (χ1v) is 8.94. The van der Waals surface area contributed by atoms with Crippen LogP contribution in [0, 0.1) is 0 Å². The van der Waals surface area contributed by atoms with E-state index in [0.29, 0.717) is 37.1 Å². The van der Waals surface area contributed by atoms with E-state index in [-0.39, 0.29) is 0 Å². The highest BCUT2D eigenvalue weighted by atomic mass is 35.5. The highest BCUT2D eigenvalue weighted by molar-refractivity contribution is 6.30. The third-order valence-electron chi connectivity index (χ3n) is 3.92. The molecule has 4 nitrogen and oxygen atoms in total. The first-order chi connectivity index (χ1) is 11.6. The van der Waals surface area contributed by atoms with Gasteiger partial charge in [0.25, 0.3) is 0 Å². The van der Waals surface area contributed by atoms with Gasteiger partial charge in [0.05, 0.1) is 25.4 Å². The lowest BCUT2D eigenvalue weighted by atomic mass is 10.1. The second-order valence-electron chi connectivity index (χ2n) is 6.22. The molecule has 2 atom stereocenters. The zero-order valence-electron chi connectivity index (χ0n) is 14.7. The molecule has 1 aliphatic heterocycles. The number of morpholine rings is 1. The summed E-state index contributed by atoms with van der Waals surface area (Å²) in [6.45, 7) is 12.7. The predicted octanol–water partition coefficient (Wildman–Crippen LogP) is 3.57. The summed E-state index contributed by atoms with van der Waals surface area (Å²) in [5, 5.41) is 0.712. The van der Waals surface area contributed by atoms with Gasteiger partial charge in [0.1, 0.15) is 12.4 Å². The minimum absolute atomic E-state index is 0.297. The van der Waals surface area contributed by atoms with Crippen LogP contribution in [0.1, 0.15) is 19.4 Å². The van der Waals surface area contributed by atoms with Gasteiger partial charge in [-0.1, -0.05) is 17.7 Å². The molecule has 5 heteroatoms. The van der Waals surface area contributed by atoms with E-state index < -0.39 is 0 Å². The third-order valence-corrected chi connectivity index (χ3v) is 4.15. The molecule has 2 rings (SSSR count). The van der Waals surface area contributed by atoms with Crippen molar-refractivity contribution in [2.75, 3.05) is 39.5 Å². The van der Waals surface area contributed by atoms with Gasteiger partial charge in [-0.2, -0.15) is 0 Å². The van der Waals surface area contributed by atoms with E-state index in [4.69, 9.17) is 25.8 Å². The zero-order chi connectivity index (χ0) is 17.4. The third kappa shape index (κ3) is 6.44. The fourth-order valence-corrected chi connectivity index (χ4v) is 3.17. The standard InChI is InChI=1S/C19H28ClNO3/c1-4-5-17-12-18(20)6-7-19(17)23-11-10-22-9-8-21-13-15(2)24-16(3)14-21/h4,6-7,12,15-16H,1,5,8-11,13-14H2,2-3H3. The lowest BCUT2D eigenvalue weighted by molar-refractivity contribution is -0.0734. The van der Waals surface area contributed by atoms with Crippen LogP contribution in [0.4, 0.5) is 0 Å². The van der Waals surface area contributed by atoms with Crippen LogP contribution in [0.25, 0.3) is 0 Å². The fraction of sp³-hybridized carbons (Fsp3) is 0.579. The van der Waals surface area contributed by atoms with Gasteiger partial charge in [-0.25, -0.2) is 0 Å². The predicted molar refractivity (Wildman–Crippen MR) is 98.1 cm³/mol. The lowest BCUT2D eigenvalue weighted by Crippen LogP contribution is -2.46. The number of hydrogen-bond acceptors (Lipinski definition) is 4. The minimum atomic E-state index is 0.297. The molecule has 0 radical (unpaired) electrons. The van der Waals surface area contributed by atoms with Crippen LogP contribution < -0.4 is 4.74 Å². The maximum absolute atomic E-state index is 6.02. The summed E-state index contributed by atoms with van der Waals surface area (Å²) < 4.78 is 17.2. The molecule has 1 aromatic rings. The number of nitrogens with zero attached hydrogens (tertiary/aromatic N) is 1. The Morgan fingerprint density at radius 2 is 2.00 bits per heavy atom. The molecule has 1 saturated heterocycles. The number of halogens is 1. The molecule has 0 aliphatic carbocycles. The first kappa shape index (κ1) is 19.3. The van der Waals surface area contributed by atoms with Gasteiger partial charge in [0, 0.05) is 24.7 Å². The lowest BCUT2D eigenvalue weighted by Gasteiger charge is -2.35. The highest BCUT2D eigenvalue weighted by Crippen LogP contribution is 2.23. The fourth-order valence-electron chi connectivity index (χ4n) is 2.98. The Bertz CT molecular complexity index is 513. The van der Waals surface area contributed by atoms with Crippen LogP contribution in [0.2, 0.25) is 5.02 Å². The molecule has 1 aromatic carbocycles. The van der Waals surface area contributed by atoms with Crippen molar-refractivity contribution in [3.8, 4) is 5.75 Å². The van der Waals surface area contributed by atoms with Gasteiger partial charge in [-0.05, 0) is 44.0 Å². The second kappa shape index (κ2) is 10.0. The Balaban J connectivity index is 1.64. The molecule has 0 amide bonds. The maximum atomic E-state index is 6.02. The summed E-state index contributed by atoms with van der Waals surface area (Å²) in [5.74, 6) is 0.846. The van der Waals surface area contributed by atoms with Gasteiger partial charge < -0.3 is 14.2 Å². The summed E-state index contributed by atoms with van der Waals surface area (Å²) in [4.78, 5) is 2.39. The Hall–Kier alpha value is -1.07. The van der Waals surface area contributed by atoms with Crippen LogP contribution in [-0.2, 0) is 15.9 Å². The SMILES string of the molecule is C=CCc1cc(Cl)ccc1OCCOCCN1CC(C)OC(C)C1. The molecule has 2 unspecified atom stereocenters. The van der Waals surface area contributed by atoms with E-state index in [1.165, 1.54) is 0 Å². The van der Waals surface area contributed by atoms with E-state index >= 15 is 0 Å². The van der Waals surface area contributed by atoms with E-state index in [2.05, 4.69) is 25.3 Å². The summed E-state index contributed by atoms with van der Waals surface area (Å²) in [6, 6.07) is 5.66. The van der Waals surface area contributed by atoms with Crippen LogP contribution in [0.3, 0.4) is 0 Å². The Morgan fingerprint density at radius 3 is 2.71 bits per heavy atom. The van der Waals surface area contributed by atoms with E-state index in [0.717, 1.165) is 37.4 Å². The van der Waals surface area contributed by atoms with E-state index in [1.54, 1.807) is 0 Å². The molecule has 24 heavy (non-hydrogen) atoms. The number of rotatable bonds is 9. The monoisotopic (exact) mass is 353 g/mol. The Labute approximate surface area is 150 Å². The molecule has 1 heterocycles. The molecule has 0 aromatic heterocycles. The first-order valence-electron chi connectivity index (χ1n) is 8.56. The van der Waals surface area contributed by atoms with Gasteiger partial charge in [0.2, 0.25) is 0 Å². The zero-order valence-corrected chi connectivity index (χ0v) is 15.4. The Kier molecular flexibility index (Phi) is 8.06. The van der Waals surface area contributed by atoms with Crippen LogP contribution in [-0.4, -0.2) is 56.6 Å². The summed E-state index contributed by atoms with van der Waals surface area (Å²) in [6.07, 6.45) is 3.18. The Morgan fingerprint density at radius 1 is 1.25 bits per heavy atom. The van der Waals surface area contributed by atoms with Crippen LogP contribution >= 0.6 is 11.6 Å². The van der Waals surface area contributed by atoms with Gasteiger partial charge in [-0.15, -0.1) is 6.58 Å². The van der Waals surface area contributed by atoms with Crippen molar-refractivity contribution in [1.82, 2.24) is 4.90 Å². The average molecular weight is 354 g/mol. The molecule has 1 aliphatic rings. The van der Waals surface area contributed by atoms with Gasteiger partial charge >= 0.3 is 0 Å². The van der Waals surface area contributed by atoms with Gasteiger partial charge in [0.15, 0.2) is 0 Å². The van der Waals surface area contributed by atoms with Crippen LogP contribution in [0.5, 0.6) is 5.75 Å². The van der Waals surface area contributed by atoms with Crippen molar-refractivity contribution >= 4 is 11.6 Å². The van der Waals surface area contributed by atoms with Crippen molar-refractivity contribution in [2.24, 2.45) is 0 Å². The molecule has 1 fully saturated rings. The average Bonchev–Trinajstić information content (AvgIpc) is 2.52. The van der Waals surface area contributed by atoms with Crippen molar-refractivity contribution in [1.29, 1.82) is 0 Å². The molecule has 0 N–H and O–H groups in total. The molecule has 0 bridgehead atoms. The number of benzene rings is 1. The smallest absolute Gasteiger partial charge is 0.123 e. The van der Waals surface area contributed by atoms with Crippen molar-refractivity contribution in [3.63, 3.8) is 0 Å². The van der Waals surface area contributed by atoms with Crippen molar-refractivity contribution < 1.29 is 14.2 Å². The van der Waals surface area contributed by atoms with E-state index in [1.807, 2.05) is 24.3 Å². The summed E-state index contributed by atoms with van der Waals surface area (Å²) >= 11 is 6.02. The number of ether oxygens (including phenoxy) is 3. The maximum Gasteiger partial charge on any atom is 0.123 e. The van der Waals surface area contributed by atoms with Crippen LogP contribution in [0.15, 0.2) is 30.9 Å². The van der Waals surface area contributed by atoms with Gasteiger partial charge in [-0.3, -0.25) is 4.90 Å². The largest absolute Gasteiger partial charge is 0.491 e. The highest BCUT2D eigenvalue weighted by Gasteiger charge is 2.21. The van der Waals surface area contributed by atoms with E-state index in [9.17, 15) is 0 Å². The molecule has 134 valence electrons. The normalized spacial score (nSPS) is 21.6. The minimum Gasteiger partial charge on any atom is -0.491 e. The number of hydrogen-bond donors (Lipinski definition) is 0. The van der Waals surface area contributed by atoms with Crippen molar-refractivity contribution in [3.05, 3.63) is 41.4 Å². The summed E-state index contributed by atoms with van der Waals surface area (Å²) in [5.41, 5.74) is 1.05.